The standard InChI is InChI=1S/C14H18N4O/c1-10(2)7-15-13(19)9-17-14-16-8-11-5-3-4-6-12(11)18-14/h3-6,8,10H,7,9H2,1-2H3,(H,15,19)(H,16,17,18). The third kappa shape index (κ3) is 3.91. The first-order valence-corrected chi connectivity index (χ1v) is 6.37. The van der Waals surface area contributed by atoms with Gasteiger partial charge in [0.15, 0.2) is 0 Å². The van der Waals surface area contributed by atoms with Crippen molar-refractivity contribution >= 4 is 22.8 Å². The van der Waals surface area contributed by atoms with E-state index in [4.69, 9.17) is 0 Å². The third-order valence-electron chi connectivity index (χ3n) is 2.60. The van der Waals surface area contributed by atoms with Gasteiger partial charge in [0.25, 0.3) is 0 Å². The Labute approximate surface area is 112 Å². The van der Waals surface area contributed by atoms with Crippen molar-refractivity contribution in [3.05, 3.63) is 30.5 Å². The number of aromatic nitrogens is 2. The van der Waals surface area contributed by atoms with Gasteiger partial charge < -0.3 is 10.6 Å². The van der Waals surface area contributed by atoms with E-state index in [1.54, 1.807) is 6.20 Å². The second kappa shape index (κ2) is 6.13. The van der Waals surface area contributed by atoms with Crippen LogP contribution in [-0.2, 0) is 4.79 Å². The molecule has 5 nitrogen and oxygen atoms in total. The smallest absolute Gasteiger partial charge is 0.239 e. The normalized spacial score (nSPS) is 10.7. The van der Waals surface area contributed by atoms with Crippen molar-refractivity contribution in [2.24, 2.45) is 5.92 Å². The summed E-state index contributed by atoms with van der Waals surface area (Å²) in [4.78, 5) is 20.1. The summed E-state index contributed by atoms with van der Waals surface area (Å²) in [6, 6.07) is 7.74. The minimum absolute atomic E-state index is 0.0505. The summed E-state index contributed by atoms with van der Waals surface area (Å²) < 4.78 is 0. The van der Waals surface area contributed by atoms with Crippen LogP contribution in [0.25, 0.3) is 10.9 Å². The van der Waals surface area contributed by atoms with E-state index < -0.39 is 0 Å². The van der Waals surface area contributed by atoms with Crippen LogP contribution in [0.3, 0.4) is 0 Å². The van der Waals surface area contributed by atoms with Gasteiger partial charge in [0.05, 0.1) is 12.1 Å². The van der Waals surface area contributed by atoms with Crippen molar-refractivity contribution in [1.82, 2.24) is 15.3 Å². The molecule has 1 amide bonds. The van der Waals surface area contributed by atoms with Gasteiger partial charge in [-0.15, -0.1) is 0 Å². The number of hydrogen-bond donors (Lipinski definition) is 2. The second-order valence-corrected chi connectivity index (χ2v) is 4.80. The highest BCUT2D eigenvalue weighted by Crippen LogP contribution is 2.11. The Morgan fingerprint density at radius 3 is 2.89 bits per heavy atom. The number of carbonyl (C=O) groups excluding carboxylic acids is 1. The zero-order chi connectivity index (χ0) is 13.7. The minimum Gasteiger partial charge on any atom is -0.354 e. The molecule has 19 heavy (non-hydrogen) atoms. The quantitative estimate of drug-likeness (QED) is 0.858. The third-order valence-corrected chi connectivity index (χ3v) is 2.60. The molecule has 0 saturated carbocycles. The maximum absolute atomic E-state index is 11.6. The number of rotatable bonds is 5. The molecule has 1 aromatic heterocycles. The van der Waals surface area contributed by atoms with Crippen molar-refractivity contribution in [2.45, 2.75) is 13.8 Å². The van der Waals surface area contributed by atoms with Gasteiger partial charge in [-0.3, -0.25) is 4.79 Å². The SMILES string of the molecule is CC(C)CNC(=O)CNc1ncc2ccccc2n1. The van der Waals surface area contributed by atoms with Gasteiger partial charge in [-0.05, 0) is 12.0 Å². The van der Waals surface area contributed by atoms with Crippen LogP contribution in [0.2, 0.25) is 0 Å². The summed E-state index contributed by atoms with van der Waals surface area (Å²) in [5, 5.41) is 6.74. The fraction of sp³-hybridized carbons (Fsp3) is 0.357. The first-order valence-electron chi connectivity index (χ1n) is 6.37. The molecule has 0 atom stereocenters. The molecule has 0 saturated heterocycles. The van der Waals surface area contributed by atoms with Crippen LogP contribution in [0.4, 0.5) is 5.95 Å². The number of fused-ring (bicyclic) bond motifs is 1. The van der Waals surface area contributed by atoms with Crippen LogP contribution >= 0.6 is 0 Å². The summed E-state index contributed by atoms with van der Waals surface area (Å²) in [5.41, 5.74) is 0.864. The minimum atomic E-state index is -0.0505. The molecule has 0 aliphatic rings. The topological polar surface area (TPSA) is 66.9 Å². The van der Waals surface area contributed by atoms with Crippen LogP contribution in [0.15, 0.2) is 30.5 Å². The zero-order valence-corrected chi connectivity index (χ0v) is 11.2. The van der Waals surface area contributed by atoms with Crippen LogP contribution in [0.1, 0.15) is 13.8 Å². The molecule has 0 unspecified atom stereocenters. The highest BCUT2D eigenvalue weighted by atomic mass is 16.1. The van der Waals surface area contributed by atoms with E-state index in [9.17, 15) is 4.79 Å². The lowest BCUT2D eigenvalue weighted by Gasteiger charge is -2.08. The van der Waals surface area contributed by atoms with Crippen LogP contribution < -0.4 is 10.6 Å². The lowest BCUT2D eigenvalue weighted by molar-refractivity contribution is -0.119. The highest BCUT2D eigenvalue weighted by molar-refractivity contribution is 5.81. The Kier molecular flexibility index (Phi) is 4.28. The van der Waals surface area contributed by atoms with E-state index in [2.05, 4.69) is 34.4 Å². The average Bonchev–Trinajstić information content (AvgIpc) is 2.42. The van der Waals surface area contributed by atoms with Crippen LogP contribution in [0.5, 0.6) is 0 Å². The summed E-state index contributed by atoms with van der Waals surface area (Å²) in [7, 11) is 0. The lowest BCUT2D eigenvalue weighted by atomic mass is 10.2. The van der Waals surface area contributed by atoms with E-state index in [1.165, 1.54) is 0 Å². The number of para-hydroxylation sites is 1. The van der Waals surface area contributed by atoms with Crippen molar-refractivity contribution in [3.63, 3.8) is 0 Å². The Hall–Kier alpha value is -2.17. The monoisotopic (exact) mass is 258 g/mol. The number of benzene rings is 1. The first kappa shape index (κ1) is 13.3. The number of nitrogens with one attached hydrogen (secondary N) is 2. The predicted molar refractivity (Wildman–Crippen MR) is 75.9 cm³/mol. The molecule has 0 aliphatic carbocycles. The van der Waals surface area contributed by atoms with Crippen molar-refractivity contribution in [3.8, 4) is 0 Å². The molecule has 0 fully saturated rings. The number of amides is 1. The number of hydrogen-bond acceptors (Lipinski definition) is 4. The number of nitrogens with zero attached hydrogens (tertiary/aromatic N) is 2. The van der Waals surface area contributed by atoms with Crippen LogP contribution in [-0.4, -0.2) is 29.0 Å². The van der Waals surface area contributed by atoms with Gasteiger partial charge >= 0.3 is 0 Å². The number of carbonyl (C=O) groups is 1. The molecular formula is C14H18N4O. The molecule has 0 radical (unpaired) electrons. The highest BCUT2D eigenvalue weighted by Gasteiger charge is 2.04. The maximum Gasteiger partial charge on any atom is 0.239 e. The summed E-state index contributed by atoms with van der Waals surface area (Å²) >= 11 is 0. The van der Waals surface area contributed by atoms with Crippen molar-refractivity contribution in [2.75, 3.05) is 18.4 Å². The van der Waals surface area contributed by atoms with E-state index in [1.807, 2.05) is 24.3 Å². The summed E-state index contributed by atoms with van der Waals surface area (Å²) in [6.07, 6.45) is 1.75. The molecule has 1 aromatic carbocycles. The fourth-order valence-electron chi connectivity index (χ4n) is 1.60. The Balaban J connectivity index is 1.92. The van der Waals surface area contributed by atoms with E-state index in [-0.39, 0.29) is 12.5 Å². The van der Waals surface area contributed by atoms with Crippen LogP contribution in [0, 0.1) is 5.92 Å². The lowest BCUT2D eigenvalue weighted by Crippen LogP contribution is -2.32. The van der Waals surface area contributed by atoms with Gasteiger partial charge in [0, 0.05) is 18.1 Å². The van der Waals surface area contributed by atoms with Crippen molar-refractivity contribution < 1.29 is 4.79 Å². The van der Waals surface area contributed by atoms with Gasteiger partial charge in [-0.1, -0.05) is 32.0 Å². The summed E-state index contributed by atoms with van der Waals surface area (Å²) in [5.74, 6) is 0.865. The van der Waals surface area contributed by atoms with Gasteiger partial charge in [-0.25, -0.2) is 9.97 Å². The molecule has 2 N–H and O–H groups in total. The molecule has 0 bridgehead atoms. The Morgan fingerprint density at radius 1 is 1.32 bits per heavy atom. The molecule has 1 heterocycles. The van der Waals surface area contributed by atoms with E-state index in [0.29, 0.717) is 18.4 Å². The molecule has 0 spiro atoms. The first-order chi connectivity index (χ1) is 9.15. The van der Waals surface area contributed by atoms with E-state index in [0.717, 1.165) is 10.9 Å². The van der Waals surface area contributed by atoms with Gasteiger partial charge in [-0.2, -0.15) is 0 Å². The predicted octanol–water partition coefficient (Wildman–Crippen LogP) is 1.81. The van der Waals surface area contributed by atoms with Gasteiger partial charge in [0.2, 0.25) is 11.9 Å². The zero-order valence-electron chi connectivity index (χ0n) is 11.2. The van der Waals surface area contributed by atoms with Crippen molar-refractivity contribution in [1.29, 1.82) is 0 Å². The average molecular weight is 258 g/mol. The van der Waals surface area contributed by atoms with Gasteiger partial charge in [0.1, 0.15) is 0 Å². The molecule has 2 rings (SSSR count). The molecule has 100 valence electrons. The summed E-state index contributed by atoms with van der Waals surface area (Å²) in [6.45, 7) is 4.98. The largest absolute Gasteiger partial charge is 0.354 e. The molecular weight excluding hydrogens is 240 g/mol. The Bertz CT molecular complexity index is 568. The van der Waals surface area contributed by atoms with E-state index >= 15 is 0 Å². The molecule has 0 aliphatic heterocycles. The molecule has 2 aromatic rings. The fourth-order valence-corrected chi connectivity index (χ4v) is 1.60. The molecule has 5 heteroatoms. The maximum atomic E-state index is 11.6. The number of anilines is 1. The Morgan fingerprint density at radius 2 is 2.11 bits per heavy atom. The second-order valence-electron chi connectivity index (χ2n) is 4.80.